The van der Waals surface area contributed by atoms with E-state index in [1.165, 1.54) is 0 Å². The van der Waals surface area contributed by atoms with Gasteiger partial charge in [0.25, 0.3) is 0 Å². The van der Waals surface area contributed by atoms with Gasteiger partial charge in [0.1, 0.15) is 0 Å². The van der Waals surface area contributed by atoms with Crippen LogP contribution in [0.25, 0.3) is 0 Å². The average molecular weight is 273 g/mol. The molecule has 2 atom stereocenters. The van der Waals surface area contributed by atoms with Crippen molar-refractivity contribution in [3.05, 3.63) is 11.7 Å². The highest BCUT2D eigenvalue weighted by Crippen LogP contribution is 2.26. The number of sulfone groups is 1. The van der Waals surface area contributed by atoms with Crippen LogP contribution in [-0.4, -0.2) is 36.1 Å². The molecule has 2 unspecified atom stereocenters. The van der Waals surface area contributed by atoms with Crippen LogP contribution in [-0.2, 0) is 16.3 Å². The van der Waals surface area contributed by atoms with Crippen molar-refractivity contribution in [1.82, 2.24) is 10.1 Å². The summed E-state index contributed by atoms with van der Waals surface area (Å²) in [5.41, 5.74) is 5.93. The van der Waals surface area contributed by atoms with E-state index in [9.17, 15) is 8.42 Å². The molecule has 2 heterocycles. The van der Waals surface area contributed by atoms with E-state index in [1.807, 2.05) is 13.8 Å². The van der Waals surface area contributed by atoms with Crippen LogP contribution < -0.4 is 5.73 Å². The van der Waals surface area contributed by atoms with Gasteiger partial charge in [0.2, 0.25) is 5.89 Å². The minimum atomic E-state index is -2.92. The lowest BCUT2D eigenvalue weighted by Gasteiger charge is -2.11. The maximum Gasteiger partial charge on any atom is 0.228 e. The van der Waals surface area contributed by atoms with Crippen LogP contribution in [0.5, 0.6) is 0 Å². The summed E-state index contributed by atoms with van der Waals surface area (Å²) in [6.45, 7) is 4.07. The fourth-order valence-electron chi connectivity index (χ4n) is 1.95. The molecule has 102 valence electrons. The van der Waals surface area contributed by atoms with Gasteiger partial charge in [-0.25, -0.2) is 8.42 Å². The second-order valence-electron chi connectivity index (χ2n) is 5.26. The molecule has 1 aliphatic rings. The van der Waals surface area contributed by atoms with E-state index in [1.54, 1.807) is 0 Å². The van der Waals surface area contributed by atoms with Crippen molar-refractivity contribution in [2.45, 2.75) is 38.6 Å². The molecule has 1 aromatic heterocycles. The summed E-state index contributed by atoms with van der Waals surface area (Å²) in [6, 6.07) is -0.0226. The molecule has 0 amide bonds. The molecule has 6 nitrogen and oxygen atoms in total. The van der Waals surface area contributed by atoms with Crippen molar-refractivity contribution in [1.29, 1.82) is 0 Å². The van der Waals surface area contributed by atoms with Crippen LogP contribution in [0.2, 0.25) is 0 Å². The van der Waals surface area contributed by atoms with E-state index in [0.717, 1.165) is 0 Å². The van der Waals surface area contributed by atoms with E-state index >= 15 is 0 Å². The van der Waals surface area contributed by atoms with Crippen molar-refractivity contribution >= 4 is 9.84 Å². The van der Waals surface area contributed by atoms with Crippen molar-refractivity contribution in [3.63, 3.8) is 0 Å². The van der Waals surface area contributed by atoms with Crippen LogP contribution in [0.1, 0.15) is 37.9 Å². The SMILES string of the molecule is CC(C)C(N)Cc1nc(C2CCS(=O)(=O)C2)no1. The van der Waals surface area contributed by atoms with Gasteiger partial charge in [0.15, 0.2) is 15.7 Å². The van der Waals surface area contributed by atoms with Gasteiger partial charge in [0, 0.05) is 18.4 Å². The van der Waals surface area contributed by atoms with Gasteiger partial charge in [0.05, 0.1) is 11.5 Å². The van der Waals surface area contributed by atoms with E-state index < -0.39 is 9.84 Å². The minimum Gasteiger partial charge on any atom is -0.339 e. The number of rotatable bonds is 4. The molecular weight excluding hydrogens is 254 g/mol. The summed E-state index contributed by atoms with van der Waals surface area (Å²) in [5, 5.41) is 3.87. The molecule has 0 aliphatic carbocycles. The fourth-order valence-corrected chi connectivity index (χ4v) is 3.69. The Kier molecular flexibility index (Phi) is 3.72. The van der Waals surface area contributed by atoms with E-state index in [2.05, 4.69) is 10.1 Å². The summed E-state index contributed by atoms with van der Waals surface area (Å²) in [4.78, 5) is 4.26. The molecule has 1 saturated heterocycles. The highest BCUT2D eigenvalue weighted by atomic mass is 32.2. The second-order valence-corrected chi connectivity index (χ2v) is 7.49. The lowest BCUT2D eigenvalue weighted by atomic mass is 10.0. The minimum absolute atomic E-state index is 0.0226. The molecule has 1 fully saturated rings. The fraction of sp³-hybridized carbons (Fsp3) is 0.818. The maximum absolute atomic E-state index is 11.4. The Bertz CT molecular complexity index is 509. The lowest BCUT2D eigenvalue weighted by Crippen LogP contribution is -2.28. The smallest absolute Gasteiger partial charge is 0.228 e. The average Bonchev–Trinajstić information content (AvgIpc) is 2.84. The standard InChI is InChI=1S/C11H19N3O3S/c1-7(2)9(12)5-10-13-11(14-17-10)8-3-4-18(15,16)6-8/h7-9H,3-6,12H2,1-2H3. The first-order valence-corrected chi connectivity index (χ1v) is 7.98. The van der Waals surface area contributed by atoms with Crippen molar-refractivity contribution < 1.29 is 12.9 Å². The van der Waals surface area contributed by atoms with Gasteiger partial charge >= 0.3 is 0 Å². The third-order valence-electron chi connectivity index (χ3n) is 3.35. The molecule has 0 spiro atoms. The molecule has 0 aromatic carbocycles. The zero-order valence-electron chi connectivity index (χ0n) is 10.7. The molecule has 2 N–H and O–H groups in total. The van der Waals surface area contributed by atoms with E-state index in [-0.39, 0.29) is 23.5 Å². The zero-order chi connectivity index (χ0) is 13.3. The second kappa shape index (κ2) is 4.97. The highest BCUT2D eigenvalue weighted by molar-refractivity contribution is 7.91. The largest absolute Gasteiger partial charge is 0.339 e. The predicted molar refractivity (Wildman–Crippen MR) is 66.8 cm³/mol. The Balaban J connectivity index is 2.03. The molecule has 2 rings (SSSR count). The zero-order valence-corrected chi connectivity index (χ0v) is 11.5. The highest BCUT2D eigenvalue weighted by Gasteiger charge is 2.32. The first-order chi connectivity index (χ1) is 8.37. The topological polar surface area (TPSA) is 99.1 Å². The summed E-state index contributed by atoms with van der Waals surface area (Å²) in [6.07, 6.45) is 1.11. The molecule has 0 radical (unpaired) electrons. The Morgan fingerprint density at radius 3 is 2.78 bits per heavy atom. The predicted octanol–water partition coefficient (Wildman–Crippen LogP) is 0.497. The van der Waals surface area contributed by atoms with Crippen LogP contribution in [0, 0.1) is 5.92 Å². The first kappa shape index (κ1) is 13.5. The number of nitrogens with zero attached hydrogens (tertiary/aromatic N) is 2. The summed E-state index contributed by atoms with van der Waals surface area (Å²) in [5.74, 6) is 1.56. The molecule has 0 bridgehead atoms. The molecule has 1 aliphatic heterocycles. The molecule has 18 heavy (non-hydrogen) atoms. The van der Waals surface area contributed by atoms with Gasteiger partial charge in [-0.15, -0.1) is 0 Å². The van der Waals surface area contributed by atoms with E-state index in [0.29, 0.717) is 30.5 Å². The van der Waals surface area contributed by atoms with Crippen LogP contribution in [0.4, 0.5) is 0 Å². The van der Waals surface area contributed by atoms with Gasteiger partial charge in [-0.1, -0.05) is 19.0 Å². The Labute approximate surface area is 107 Å². The monoisotopic (exact) mass is 273 g/mol. The number of aromatic nitrogens is 2. The summed E-state index contributed by atoms with van der Waals surface area (Å²) >= 11 is 0. The first-order valence-electron chi connectivity index (χ1n) is 6.16. The van der Waals surface area contributed by atoms with Crippen LogP contribution in [0.15, 0.2) is 4.52 Å². The lowest BCUT2D eigenvalue weighted by molar-refractivity contribution is 0.348. The number of hydrogen-bond acceptors (Lipinski definition) is 6. The van der Waals surface area contributed by atoms with E-state index in [4.69, 9.17) is 10.3 Å². The molecule has 7 heteroatoms. The summed E-state index contributed by atoms with van der Waals surface area (Å²) in [7, 11) is -2.92. The van der Waals surface area contributed by atoms with Gasteiger partial charge < -0.3 is 10.3 Å². The molecular formula is C11H19N3O3S. The van der Waals surface area contributed by atoms with Gasteiger partial charge in [-0.3, -0.25) is 0 Å². The van der Waals surface area contributed by atoms with Crippen molar-refractivity contribution in [2.75, 3.05) is 11.5 Å². The Morgan fingerprint density at radius 2 is 2.22 bits per heavy atom. The van der Waals surface area contributed by atoms with Crippen LogP contribution >= 0.6 is 0 Å². The Morgan fingerprint density at radius 1 is 1.50 bits per heavy atom. The van der Waals surface area contributed by atoms with Gasteiger partial charge in [-0.2, -0.15) is 4.98 Å². The molecule has 1 aromatic rings. The normalized spacial score (nSPS) is 24.6. The Hall–Kier alpha value is -0.950. The van der Waals surface area contributed by atoms with Gasteiger partial charge in [-0.05, 0) is 12.3 Å². The van der Waals surface area contributed by atoms with Crippen LogP contribution in [0.3, 0.4) is 0 Å². The molecule has 0 saturated carbocycles. The van der Waals surface area contributed by atoms with Crippen molar-refractivity contribution in [3.8, 4) is 0 Å². The number of nitrogens with two attached hydrogens (primary N) is 1. The third-order valence-corrected chi connectivity index (χ3v) is 5.12. The summed E-state index contributed by atoms with van der Waals surface area (Å²) < 4.78 is 27.9. The third kappa shape index (κ3) is 3.08. The maximum atomic E-state index is 11.4. The quantitative estimate of drug-likeness (QED) is 0.857. The number of hydrogen-bond donors (Lipinski definition) is 1. The van der Waals surface area contributed by atoms with Crippen molar-refractivity contribution in [2.24, 2.45) is 11.7 Å².